The van der Waals surface area contributed by atoms with Gasteiger partial charge in [0, 0.05) is 29.6 Å². The third kappa shape index (κ3) is 4.32. The van der Waals surface area contributed by atoms with Crippen LogP contribution in [0.25, 0.3) is 0 Å². The second-order valence-corrected chi connectivity index (χ2v) is 5.32. The molecule has 0 bridgehead atoms. The van der Waals surface area contributed by atoms with Gasteiger partial charge in [0.25, 0.3) is 5.69 Å². The fourth-order valence-electron chi connectivity index (χ4n) is 1.60. The van der Waals surface area contributed by atoms with E-state index in [1.807, 2.05) is 0 Å². The van der Waals surface area contributed by atoms with Crippen molar-refractivity contribution < 1.29 is 4.92 Å². The molecular weight excluding hydrogens is 290 g/mol. The van der Waals surface area contributed by atoms with Gasteiger partial charge in [-0.1, -0.05) is 18.7 Å². The molecule has 1 heterocycles. The lowest BCUT2D eigenvalue weighted by Gasteiger charge is -2.07. The highest BCUT2D eigenvalue weighted by Crippen LogP contribution is 2.29. The molecule has 3 N–H and O–H groups in total. The van der Waals surface area contributed by atoms with Gasteiger partial charge in [-0.3, -0.25) is 10.1 Å². The van der Waals surface area contributed by atoms with E-state index in [9.17, 15) is 10.1 Å². The minimum Gasteiger partial charge on any atom is -0.370 e. The van der Waals surface area contributed by atoms with Crippen LogP contribution in [0.3, 0.4) is 0 Å². The number of nitro benzene ring substituents is 1. The second-order valence-electron chi connectivity index (χ2n) is 4.23. The van der Waals surface area contributed by atoms with Crippen LogP contribution in [0.2, 0.25) is 0 Å². The molecule has 0 fully saturated rings. The van der Waals surface area contributed by atoms with Crippen molar-refractivity contribution in [3.8, 4) is 0 Å². The highest BCUT2D eigenvalue weighted by atomic mass is 32.2. The summed E-state index contributed by atoms with van der Waals surface area (Å²) in [6, 6.07) is 8.09. The van der Waals surface area contributed by atoms with Crippen LogP contribution in [0, 0.1) is 10.1 Å². The van der Waals surface area contributed by atoms with Gasteiger partial charge < -0.3 is 11.1 Å². The van der Waals surface area contributed by atoms with Gasteiger partial charge in [-0.2, -0.15) is 4.98 Å². The van der Waals surface area contributed by atoms with E-state index < -0.39 is 4.92 Å². The average Bonchev–Trinajstić information content (AvgIpc) is 2.45. The molecule has 0 aliphatic heterocycles. The number of hydrogen-bond acceptors (Lipinski definition) is 7. The fourth-order valence-corrected chi connectivity index (χ4v) is 2.42. The molecule has 0 aliphatic rings. The maximum Gasteiger partial charge on any atom is 0.269 e. The Morgan fingerprint density at radius 2 is 2.05 bits per heavy atom. The number of nitrogen functional groups attached to an aromatic ring is 1. The summed E-state index contributed by atoms with van der Waals surface area (Å²) in [5.41, 5.74) is 5.75. The molecule has 1 aromatic carbocycles. The Balaban J connectivity index is 2.14. The van der Waals surface area contributed by atoms with Gasteiger partial charge in [0.15, 0.2) is 0 Å². The number of aromatic nitrogens is 2. The normalized spacial score (nSPS) is 10.3. The number of anilines is 2. The van der Waals surface area contributed by atoms with Crippen LogP contribution in [-0.2, 0) is 0 Å². The molecule has 0 saturated heterocycles. The molecule has 0 unspecified atom stereocenters. The van der Waals surface area contributed by atoms with Crippen LogP contribution in [0.15, 0.2) is 40.3 Å². The zero-order valence-electron chi connectivity index (χ0n) is 11.4. The summed E-state index contributed by atoms with van der Waals surface area (Å²) in [6.07, 6.45) is 0.981. The number of nitrogens with two attached hydrogens (primary N) is 1. The first-order chi connectivity index (χ1) is 10.1. The van der Waals surface area contributed by atoms with Crippen LogP contribution in [-0.4, -0.2) is 21.4 Å². The van der Waals surface area contributed by atoms with Crippen molar-refractivity contribution >= 4 is 29.2 Å². The Bertz CT molecular complexity index is 633. The first-order valence-electron chi connectivity index (χ1n) is 6.39. The summed E-state index contributed by atoms with van der Waals surface area (Å²) in [5, 5.41) is 14.5. The Morgan fingerprint density at radius 1 is 1.33 bits per heavy atom. The van der Waals surface area contributed by atoms with Crippen LogP contribution in [0.1, 0.15) is 13.3 Å². The summed E-state index contributed by atoms with van der Waals surface area (Å²) in [5.74, 6) is 0.870. The molecule has 2 rings (SSSR count). The molecule has 110 valence electrons. The highest BCUT2D eigenvalue weighted by Gasteiger charge is 2.07. The van der Waals surface area contributed by atoms with E-state index in [0.717, 1.165) is 17.9 Å². The highest BCUT2D eigenvalue weighted by molar-refractivity contribution is 7.99. The van der Waals surface area contributed by atoms with E-state index >= 15 is 0 Å². The minimum atomic E-state index is -0.427. The van der Waals surface area contributed by atoms with E-state index in [2.05, 4.69) is 22.2 Å². The van der Waals surface area contributed by atoms with E-state index in [0.29, 0.717) is 10.8 Å². The van der Waals surface area contributed by atoms with E-state index in [1.165, 1.54) is 23.9 Å². The summed E-state index contributed by atoms with van der Waals surface area (Å²) in [6.45, 7) is 2.86. The van der Waals surface area contributed by atoms with Crippen molar-refractivity contribution in [2.45, 2.75) is 23.3 Å². The van der Waals surface area contributed by atoms with Crippen molar-refractivity contribution in [3.05, 3.63) is 40.4 Å². The maximum absolute atomic E-state index is 10.6. The largest absolute Gasteiger partial charge is 0.370 e. The van der Waals surface area contributed by atoms with E-state index in [4.69, 9.17) is 5.73 Å². The molecule has 8 heteroatoms. The number of rotatable bonds is 6. The van der Waals surface area contributed by atoms with Crippen LogP contribution < -0.4 is 11.1 Å². The van der Waals surface area contributed by atoms with Gasteiger partial charge in [-0.05, 0) is 18.6 Å². The van der Waals surface area contributed by atoms with Crippen LogP contribution in [0.4, 0.5) is 17.5 Å². The lowest BCUT2D eigenvalue weighted by Crippen LogP contribution is -2.05. The van der Waals surface area contributed by atoms with Crippen molar-refractivity contribution in [1.82, 2.24) is 9.97 Å². The number of non-ortho nitro benzene ring substituents is 1. The van der Waals surface area contributed by atoms with Gasteiger partial charge in [0.1, 0.15) is 10.8 Å². The lowest BCUT2D eigenvalue weighted by atomic mass is 10.3. The summed E-state index contributed by atoms with van der Waals surface area (Å²) in [7, 11) is 0. The molecule has 2 aromatic rings. The van der Waals surface area contributed by atoms with Crippen molar-refractivity contribution in [2.24, 2.45) is 0 Å². The summed E-state index contributed by atoms with van der Waals surface area (Å²) >= 11 is 1.38. The first kappa shape index (κ1) is 15.0. The summed E-state index contributed by atoms with van der Waals surface area (Å²) in [4.78, 5) is 19.3. The maximum atomic E-state index is 10.6. The number of nitrogens with one attached hydrogen (secondary N) is 1. The Hall–Kier alpha value is -2.35. The minimum absolute atomic E-state index is 0.0619. The van der Waals surface area contributed by atoms with Gasteiger partial charge in [0.2, 0.25) is 5.95 Å². The predicted molar refractivity (Wildman–Crippen MR) is 82.4 cm³/mol. The first-order valence-corrected chi connectivity index (χ1v) is 7.21. The second kappa shape index (κ2) is 6.89. The molecule has 0 atom stereocenters. The third-order valence-electron chi connectivity index (χ3n) is 2.55. The molecule has 21 heavy (non-hydrogen) atoms. The van der Waals surface area contributed by atoms with Crippen LogP contribution >= 0.6 is 11.8 Å². The number of nitrogens with zero attached hydrogens (tertiary/aromatic N) is 3. The number of nitro groups is 1. The molecule has 0 aliphatic carbocycles. The van der Waals surface area contributed by atoms with E-state index in [-0.39, 0.29) is 11.6 Å². The lowest BCUT2D eigenvalue weighted by molar-refractivity contribution is -0.384. The van der Waals surface area contributed by atoms with Gasteiger partial charge in [-0.25, -0.2) is 4.98 Å². The molecule has 1 aromatic heterocycles. The molecule has 0 saturated carbocycles. The molecule has 0 spiro atoms. The zero-order valence-corrected chi connectivity index (χ0v) is 12.3. The Labute approximate surface area is 126 Å². The monoisotopic (exact) mass is 305 g/mol. The molecule has 7 nitrogen and oxygen atoms in total. The average molecular weight is 305 g/mol. The number of benzene rings is 1. The fraction of sp³-hybridized carbons (Fsp3) is 0.231. The van der Waals surface area contributed by atoms with Crippen molar-refractivity contribution in [3.63, 3.8) is 0 Å². The smallest absolute Gasteiger partial charge is 0.269 e. The van der Waals surface area contributed by atoms with Gasteiger partial charge in [0.05, 0.1) is 4.92 Å². The Kier molecular flexibility index (Phi) is 4.94. The molecular formula is C13H15N5O2S. The van der Waals surface area contributed by atoms with E-state index in [1.54, 1.807) is 18.2 Å². The molecule has 0 radical (unpaired) electrons. The molecule has 0 amide bonds. The number of hydrogen-bond donors (Lipinski definition) is 2. The standard InChI is InChI=1S/C13H15N5O2S/c1-2-7-15-11-8-12(17-13(14)16-11)21-10-5-3-9(4-6-10)18(19)20/h3-6,8H,2,7H2,1H3,(H3,14,15,16,17). The predicted octanol–water partition coefficient (Wildman–Crippen LogP) is 2.94. The van der Waals surface area contributed by atoms with Crippen molar-refractivity contribution in [1.29, 1.82) is 0 Å². The zero-order chi connectivity index (χ0) is 15.2. The van der Waals surface area contributed by atoms with Gasteiger partial charge in [-0.15, -0.1) is 0 Å². The van der Waals surface area contributed by atoms with Gasteiger partial charge >= 0.3 is 0 Å². The third-order valence-corrected chi connectivity index (χ3v) is 3.47. The summed E-state index contributed by atoms with van der Waals surface area (Å²) < 4.78 is 0. The topological polar surface area (TPSA) is 107 Å². The quantitative estimate of drug-likeness (QED) is 0.480. The van der Waals surface area contributed by atoms with Crippen molar-refractivity contribution in [2.75, 3.05) is 17.6 Å². The van der Waals surface area contributed by atoms with Crippen LogP contribution in [0.5, 0.6) is 0 Å². The SMILES string of the molecule is CCCNc1cc(Sc2ccc([N+](=O)[O-])cc2)nc(N)n1. The Morgan fingerprint density at radius 3 is 2.67 bits per heavy atom.